The zero-order chi connectivity index (χ0) is 19.8. The van der Waals surface area contributed by atoms with E-state index in [0.29, 0.717) is 36.2 Å². The minimum absolute atomic E-state index is 0.0201. The monoisotopic (exact) mass is 393 g/mol. The third kappa shape index (κ3) is 5.03. The molecule has 2 atom stereocenters. The Morgan fingerprint density at radius 3 is 2.63 bits per heavy atom. The maximum absolute atomic E-state index is 12.9. The first-order chi connectivity index (χ1) is 13.1. The fourth-order valence-electron chi connectivity index (χ4n) is 3.54. The van der Waals surface area contributed by atoms with E-state index >= 15 is 0 Å². The fourth-order valence-corrected chi connectivity index (χ4v) is 3.83. The molecular formula is C20H31N3O3S. The summed E-state index contributed by atoms with van der Waals surface area (Å²) >= 11 is 5.50. The quantitative estimate of drug-likeness (QED) is 0.523. The molecule has 1 saturated heterocycles. The van der Waals surface area contributed by atoms with Crippen LogP contribution in [0.4, 0.5) is 0 Å². The second-order valence-electron chi connectivity index (χ2n) is 6.68. The van der Waals surface area contributed by atoms with Crippen LogP contribution in [0, 0.1) is 5.92 Å². The van der Waals surface area contributed by atoms with Gasteiger partial charge in [-0.3, -0.25) is 4.79 Å². The van der Waals surface area contributed by atoms with Crippen LogP contribution in [0.2, 0.25) is 0 Å². The number of carbonyl (C=O) groups is 1. The van der Waals surface area contributed by atoms with Gasteiger partial charge in [-0.15, -0.1) is 0 Å². The average molecular weight is 394 g/mol. The largest absolute Gasteiger partial charge is 0.493 e. The van der Waals surface area contributed by atoms with Crippen LogP contribution in [0.1, 0.15) is 38.2 Å². The maximum Gasteiger partial charge on any atom is 0.225 e. The zero-order valence-corrected chi connectivity index (χ0v) is 17.5. The highest BCUT2D eigenvalue weighted by Crippen LogP contribution is 2.41. The third-order valence-corrected chi connectivity index (χ3v) is 5.34. The Kier molecular flexibility index (Phi) is 8.16. The van der Waals surface area contributed by atoms with Crippen LogP contribution in [0.5, 0.6) is 11.5 Å². The molecule has 0 spiro atoms. The molecule has 0 bridgehead atoms. The predicted octanol–water partition coefficient (Wildman–Crippen LogP) is 2.53. The lowest BCUT2D eigenvalue weighted by Gasteiger charge is -2.22. The number of thiocarbonyl (C=S) groups is 1. The molecule has 7 heteroatoms. The number of hydrogen-bond acceptors (Lipinski definition) is 4. The van der Waals surface area contributed by atoms with E-state index in [4.69, 9.17) is 21.7 Å². The van der Waals surface area contributed by atoms with E-state index < -0.39 is 0 Å². The first-order valence-corrected chi connectivity index (χ1v) is 9.99. The van der Waals surface area contributed by atoms with Crippen molar-refractivity contribution in [1.82, 2.24) is 15.5 Å². The van der Waals surface area contributed by atoms with Crippen LogP contribution in [-0.2, 0) is 4.79 Å². The SMILES string of the molecule is CCCCNC(=O)C1CN(C(=S)NCC)CC1c1cccc(OC)c1OC. The van der Waals surface area contributed by atoms with Gasteiger partial charge in [0.1, 0.15) is 0 Å². The van der Waals surface area contributed by atoms with Crippen molar-refractivity contribution in [3.63, 3.8) is 0 Å². The topological polar surface area (TPSA) is 62.8 Å². The molecule has 2 unspecified atom stereocenters. The van der Waals surface area contributed by atoms with E-state index in [1.807, 2.05) is 25.1 Å². The summed E-state index contributed by atoms with van der Waals surface area (Å²) in [6, 6.07) is 5.82. The summed E-state index contributed by atoms with van der Waals surface area (Å²) < 4.78 is 11.1. The Morgan fingerprint density at radius 2 is 2.00 bits per heavy atom. The second-order valence-corrected chi connectivity index (χ2v) is 7.07. The van der Waals surface area contributed by atoms with E-state index in [9.17, 15) is 4.79 Å². The molecule has 2 N–H and O–H groups in total. The molecule has 0 aliphatic carbocycles. The minimum atomic E-state index is -0.195. The molecule has 150 valence electrons. The molecule has 1 aliphatic rings. The van der Waals surface area contributed by atoms with E-state index in [1.54, 1.807) is 14.2 Å². The molecule has 27 heavy (non-hydrogen) atoms. The number of amides is 1. The van der Waals surface area contributed by atoms with Crippen molar-refractivity contribution in [2.24, 2.45) is 5.92 Å². The van der Waals surface area contributed by atoms with Crippen LogP contribution >= 0.6 is 12.2 Å². The van der Waals surface area contributed by atoms with Crippen molar-refractivity contribution in [1.29, 1.82) is 0 Å². The summed E-state index contributed by atoms with van der Waals surface area (Å²) in [6.45, 7) is 6.85. The lowest BCUT2D eigenvalue weighted by atomic mass is 9.87. The number of methoxy groups -OCH3 is 2. The van der Waals surface area contributed by atoms with Crippen LogP contribution in [0.15, 0.2) is 18.2 Å². The molecule has 1 aromatic rings. The normalized spacial score (nSPS) is 18.9. The Hall–Kier alpha value is -2.02. The lowest BCUT2D eigenvalue weighted by Crippen LogP contribution is -2.39. The van der Waals surface area contributed by atoms with Crippen LogP contribution in [-0.4, -0.2) is 56.3 Å². The predicted molar refractivity (Wildman–Crippen MR) is 112 cm³/mol. The lowest BCUT2D eigenvalue weighted by molar-refractivity contribution is -0.124. The van der Waals surface area contributed by atoms with Gasteiger partial charge in [0.05, 0.1) is 20.1 Å². The van der Waals surface area contributed by atoms with Crippen molar-refractivity contribution in [3.05, 3.63) is 23.8 Å². The van der Waals surface area contributed by atoms with Gasteiger partial charge in [-0.1, -0.05) is 25.5 Å². The highest BCUT2D eigenvalue weighted by molar-refractivity contribution is 7.80. The van der Waals surface area contributed by atoms with Crippen molar-refractivity contribution < 1.29 is 14.3 Å². The summed E-state index contributed by atoms with van der Waals surface area (Å²) in [6.07, 6.45) is 2.03. The fraction of sp³-hybridized carbons (Fsp3) is 0.600. The number of nitrogens with zero attached hydrogens (tertiary/aromatic N) is 1. The molecule has 1 amide bonds. The molecule has 0 saturated carbocycles. The first-order valence-electron chi connectivity index (χ1n) is 9.58. The Bertz CT molecular complexity index is 653. The standard InChI is InChI=1S/C20H31N3O3S/c1-5-7-11-22-19(24)16-13-23(20(27)21-6-2)12-15(16)14-9-8-10-17(25-3)18(14)26-4/h8-10,15-16H,5-7,11-13H2,1-4H3,(H,21,27)(H,22,24). The summed E-state index contributed by atoms with van der Waals surface area (Å²) in [4.78, 5) is 15.0. The number of likely N-dealkylation sites (tertiary alicyclic amines) is 1. The molecule has 6 nitrogen and oxygen atoms in total. The number of benzene rings is 1. The molecular weight excluding hydrogens is 362 g/mol. The summed E-state index contributed by atoms with van der Waals surface area (Å²) in [7, 11) is 3.26. The van der Waals surface area contributed by atoms with Crippen LogP contribution in [0.3, 0.4) is 0 Å². The van der Waals surface area contributed by atoms with E-state index in [2.05, 4.69) is 22.5 Å². The van der Waals surface area contributed by atoms with Gasteiger partial charge in [0.2, 0.25) is 5.91 Å². The van der Waals surface area contributed by atoms with Gasteiger partial charge in [-0.2, -0.15) is 0 Å². The van der Waals surface area contributed by atoms with Gasteiger partial charge in [0.15, 0.2) is 16.6 Å². The van der Waals surface area contributed by atoms with Gasteiger partial charge in [-0.05, 0) is 31.6 Å². The Balaban J connectivity index is 2.31. The molecule has 2 rings (SSSR count). The van der Waals surface area contributed by atoms with Gasteiger partial charge in [0.25, 0.3) is 0 Å². The van der Waals surface area contributed by atoms with Crippen molar-refractivity contribution in [3.8, 4) is 11.5 Å². The van der Waals surface area contributed by atoms with Gasteiger partial charge >= 0.3 is 0 Å². The maximum atomic E-state index is 12.9. The van der Waals surface area contributed by atoms with Gasteiger partial charge in [-0.25, -0.2) is 0 Å². The first kappa shape index (κ1) is 21.3. The zero-order valence-electron chi connectivity index (χ0n) is 16.7. The van der Waals surface area contributed by atoms with E-state index in [1.165, 1.54) is 0 Å². The molecule has 1 aromatic carbocycles. The second kappa shape index (κ2) is 10.3. The van der Waals surface area contributed by atoms with Crippen molar-refractivity contribution in [2.75, 3.05) is 40.4 Å². The van der Waals surface area contributed by atoms with Crippen molar-refractivity contribution >= 4 is 23.2 Å². The van der Waals surface area contributed by atoms with Gasteiger partial charge < -0.3 is 25.0 Å². The number of hydrogen-bond donors (Lipinski definition) is 2. The number of unbranched alkanes of at least 4 members (excludes halogenated alkanes) is 1. The molecule has 0 radical (unpaired) electrons. The van der Waals surface area contributed by atoms with E-state index in [-0.39, 0.29) is 17.7 Å². The Labute approximate surface area is 167 Å². The Morgan fingerprint density at radius 1 is 1.22 bits per heavy atom. The number of rotatable bonds is 8. The highest BCUT2D eigenvalue weighted by Gasteiger charge is 2.41. The molecule has 1 aliphatic heterocycles. The number of para-hydroxylation sites is 1. The summed E-state index contributed by atoms with van der Waals surface area (Å²) in [5, 5.41) is 6.96. The van der Waals surface area contributed by atoms with Gasteiger partial charge in [0, 0.05) is 37.7 Å². The molecule has 1 fully saturated rings. The smallest absolute Gasteiger partial charge is 0.225 e. The number of ether oxygens (including phenoxy) is 2. The number of nitrogens with one attached hydrogen (secondary N) is 2. The average Bonchev–Trinajstić information content (AvgIpc) is 3.13. The van der Waals surface area contributed by atoms with Crippen molar-refractivity contribution in [2.45, 2.75) is 32.6 Å². The van der Waals surface area contributed by atoms with Crippen LogP contribution in [0.25, 0.3) is 0 Å². The number of carbonyl (C=O) groups excluding carboxylic acids is 1. The third-order valence-electron chi connectivity index (χ3n) is 4.93. The molecule has 1 heterocycles. The summed E-state index contributed by atoms with van der Waals surface area (Å²) in [5.74, 6) is 1.22. The highest BCUT2D eigenvalue weighted by atomic mass is 32.1. The van der Waals surface area contributed by atoms with E-state index in [0.717, 1.165) is 24.9 Å². The van der Waals surface area contributed by atoms with Crippen LogP contribution < -0.4 is 20.1 Å². The summed E-state index contributed by atoms with van der Waals surface area (Å²) in [5.41, 5.74) is 0.981. The minimum Gasteiger partial charge on any atom is -0.493 e. The molecule has 0 aromatic heterocycles.